The second-order valence-electron chi connectivity index (χ2n) is 3.68. The molecule has 1 atom stereocenters. The number of epoxide rings is 1. The first-order chi connectivity index (χ1) is 8.99. The van der Waals surface area contributed by atoms with Gasteiger partial charge in [-0.15, -0.1) is 0 Å². The van der Waals surface area contributed by atoms with Crippen molar-refractivity contribution in [3.8, 4) is 0 Å². The zero-order chi connectivity index (χ0) is 14.7. The van der Waals surface area contributed by atoms with Gasteiger partial charge in [-0.25, -0.2) is 0 Å². The molecular weight excluding hydrogens is 332 g/mol. The van der Waals surface area contributed by atoms with E-state index in [-0.39, 0.29) is 37.7 Å². The fourth-order valence-electron chi connectivity index (χ4n) is 1.33. The Labute approximate surface area is 151 Å². The third kappa shape index (κ3) is 12.6. The van der Waals surface area contributed by atoms with Gasteiger partial charge in [0.25, 0.3) is 0 Å². The molecule has 0 aromatic heterocycles. The molecule has 1 fully saturated rings. The van der Waals surface area contributed by atoms with Gasteiger partial charge < -0.3 is 36.8 Å². The molecule has 1 rings (SSSR count). The summed E-state index contributed by atoms with van der Waals surface area (Å²) in [7, 11) is -1.15. The molecule has 8 nitrogen and oxygen atoms in total. The Morgan fingerprint density at radius 1 is 1.25 bits per heavy atom. The van der Waals surface area contributed by atoms with Gasteiger partial charge in [-0.2, -0.15) is 0 Å². The van der Waals surface area contributed by atoms with E-state index in [1.165, 1.54) is 0 Å². The number of ether oxygens (including phenoxy) is 2. The summed E-state index contributed by atoms with van der Waals surface area (Å²) in [5.41, 5.74) is 0. The SMILES string of the molecule is CO[Si](CCCOCC1CO1)(OC)OC.O=[Si]([O-])[O-].[Ca+2]. The fraction of sp³-hybridized carbons (Fsp3) is 1.00. The minimum Gasteiger partial charge on any atom is -0.672 e. The van der Waals surface area contributed by atoms with Gasteiger partial charge in [0.05, 0.1) is 13.2 Å². The first kappa shape index (κ1) is 23.2. The molecule has 1 aliphatic rings. The van der Waals surface area contributed by atoms with Gasteiger partial charge in [0, 0.05) is 43.2 Å². The van der Waals surface area contributed by atoms with Crippen LogP contribution in [0.25, 0.3) is 0 Å². The van der Waals surface area contributed by atoms with E-state index in [9.17, 15) is 0 Å². The molecule has 20 heavy (non-hydrogen) atoms. The summed E-state index contributed by atoms with van der Waals surface area (Å²) in [6, 6.07) is 0.780. The first-order valence-corrected chi connectivity index (χ1v) is 8.88. The van der Waals surface area contributed by atoms with Crippen molar-refractivity contribution < 1.29 is 36.8 Å². The average Bonchev–Trinajstić information content (AvgIpc) is 3.18. The van der Waals surface area contributed by atoms with E-state index in [1.54, 1.807) is 21.3 Å². The zero-order valence-corrected chi connectivity index (χ0v) is 16.3. The molecule has 0 N–H and O–H groups in total. The van der Waals surface area contributed by atoms with Crippen LogP contribution in [0.5, 0.6) is 0 Å². The van der Waals surface area contributed by atoms with Crippen LogP contribution in [0.4, 0.5) is 0 Å². The molecule has 1 saturated heterocycles. The molecule has 1 unspecified atom stereocenters. The minimum absolute atomic E-state index is 0. The van der Waals surface area contributed by atoms with Crippen molar-refractivity contribution in [3.63, 3.8) is 0 Å². The van der Waals surface area contributed by atoms with Crippen molar-refractivity contribution in [2.45, 2.75) is 18.6 Å². The average molecular weight is 353 g/mol. The molecule has 114 valence electrons. The van der Waals surface area contributed by atoms with E-state index in [1.807, 2.05) is 0 Å². The van der Waals surface area contributed by atoms with Crippen molar-refractivity contribution in [2.24, 2.45) is 0 Å². The Morgan fingerprint density at radius 3 is 2.05 bits per heavy atom. The van der Waals surface area contributed by atoms with E-state index in [4.69, 9.17) is 36.8 Å². The molecule has 0 bridgehead atoms. The van der Waals surface area contributed by atoms with E-state index < -0.39 is 18.0 Å². The van der Waals surface area contributed by atoms with Crippen molar-refractivity contribution in [3.05, 3.63) is 0 Å². The molecule has 0 saturated carbocycles. The third-order valence-corrected chi connectivity index (χ3v) is 5.24. The molecule has 1 aliphatic heterocycles. The van der Waals surface area contributed by atoms with Gasteiger partial charge in [-0.05, 0) is 6.42 Å². The predicted octanol–water partition coefficient (Wildman–Crippen LogP) is -2.59. The smallest absolute Gasteiger partial charge is 0.672 e. The topological polar surface area (TPSA) is 113 Å². The Kier molecular flexibility index (Phi) is 15.7. The molecular formula is C9H20CaO8Si2. The maximum atomic E-state index is 8.52. The van der Waals surface area contributed by atoms with E-state index in [2.05, 4.69) is 0 Å². The monoisotopic (exact) mass is 352 g/mol. The van der Waals surface area contributed by atoms with Gasteiger partial charge in [0.15, 0.2) is 0 Å². The van der Waals surface area contributed by atoms with Gasteiger partial charge in [0.1, 0.15) is 6.10 Å². The van der Waals surface area contributed by atoms with Gasteiger partial charge in [0.2, 0.25) is 0 Å². The van der Waals surface area contributed by atoms with Crippen LogP contribution in [0.3, 0.4) is 0 Å². The first-order valence-electron chi connectivity index (χ1n) is 5.72. The van der Waals surface area contributed by atoms with Crippen molar-refractivity contribution in [1.82, 2.24) is 0 Å². The Morgan fingerprint density at radius 2 is 1.70 bits per heavy atom. The van der Waals surface area contributed by atoms with E-state index >= 15 is 0 Å². The van der Waals surface area contributed by atoms with Gasteiger partial charge in [-0.1, -0.05) is 0 Å². The fourth-order valence-corrected chi connectivity index (χ4v) is 3.02. The zero-order valence-electron chi connectivity index (χ0n) is 12.1. The van der Waals surface area contributed by atoms with Crippen LogP contribution in [0.15, 0.2) is 0 Å². The van der Waals surface area contributed by atoms with Crippen LogP contribution in [0.2, 0.25) is 6.04 Å². The Balaban J connectivity index is 0. The van der Waals surface area contributed by atoms with Crippen LogP contribution in [-0.2, 0) is 27.2 Å². The van der Waals surface area contributed by atoms with Gasteiger partial charge in [-0.3, -0.25) is 0 Å². The van der Waals surface area contributed by atoms with E-state index in [0.717, 1.165) is 19.1 Å². The van der Waals surface area contributed by atoms with Gasteiger partial charge >= 0.3 is 46.5 Å². The Hall–Kier alpha value is 0.894. The molecule has 1 heterocycles. The quantitative estimate of drug-likeness (QED) is 0.252. The second kappa shape index (κ2) is 13.5. The predicted molar refractivity (Wildman–Crippen MR) is 69.0 cm³/mol. The Bertz CT molecular complexity index is 238. The molecule has 0 aromatic carbocycles. The van der Waals surface area contributed by atoms with Crippen molar-refractivity contribution >= 4 is 55.7 Å². The number of hydrogen-bond donors (Lipinski definition) is 0. The number of rotatable bonds is 9. The summed E-state index contributed by atoms with van der Waals surface area (Å²) in [6.07, 6.45) is 1.22. The maximum Gasteiger partial charge on any atom is 2.00 e. The molecule has 0 aromatic rings. The van der Waals surface area contributed by atoms with Crippen LogP contribution in [0.1, 0.15) is 6.42 Å². The summed E-state index contributed by atoms with van der Waals surface area (Å²) in [4.78, 5) is 17.0. The molecule has 0 spiro atoms. The summed E-state index contributed by atoms with van der Waals surface area (Å²) in [5, 5.41) is 0. The van der Waals surface area contributed by atoms with Crippen molar-refractivity contribution in [1.29, 1.82) is 0 Å². The van der Waals surface area contributed by atoms with Crippen LogP contribution in [-0.4, -0.2) is 103 Å². The van der Waals surface area contributed by atoms with Crippen molar-refractivity contribution in [2.75, 3.05) is 41.2 Å². The molecule has 0 amide bonds. The standard InChI is InChI=1S/C9H20O5Si.Ca.O3Si/c1-10-15(11-2,12-3)6-4-5-13-7-9-8-14-9;;1-4(2)3/h9H,4-8H2,1-3H3;;/q;+2;-2. The second-order valence-corrected chi connectivity index (χ2v) is 7.27. The molecule has 11 heteroatoms. The van der Waals surface area contributed by atoms with Crippen LogP contribution >= 0.6 is 0 Å². The summed E-state index contributed by atoms with van der Waals surface area (Å²) >= 11 is 0. The third-order valence-electron chi connectivity index (χ3n) is 2.41. The normalized spacial score (nSPS) is 16.6. The van der Waals surface area contributed by atoms with Crippen LogP contribution in [0, 0.1) is 0 Å². The maximum absolute atomic E-state index is 8.52. The minimum atomic E-state index is -3.63. The summed E-state index contributed by atoms with van der Waals surface area (Å²) in [6.45, 7) is 2.24. The summed E-state index contributed by atoms with van der Waals surface area (Å²) in [5.74, 6) is 0. The largest absolute Gasteiger partial charge is 2.00 e. The number of hydrogen-bond acceptors (Lipinski definition) is 8. The molecule has 0 aliphatic carbocycles. The molecule has 0 radical (unpaired) electrons. The van der Waals surface area contributed by atoms with Crippen LogP contribution < -0.4 is 9.59 Å². The summed E-state index contributed by atoms with van der Waals surface area (Å²) < 4.78 is 34.8. The van der Waals surface area contributed by atoms with E-state index in [0.29, 0.717) is 19.3 Å².